The minimum atomic E-state index is -0.403. The van der Waals surface area contributed by atoms with E-state index in [0.717, 1.165) is 31.8 Å². The normalized spacial score (nSPS) is 11.0. The zero-order chi connectivity index (χ0) is 21.1. The smallest absolute Gasteiger partial charge is 0.271 e. The van der Waals surface area contributed by atoms with Crippen molar-refractivity contribution in [1.82, 2.24) is 9.99 Å². The Balaban J connectivity index is 1.85. The molecule has 29 heavy (non-hydrogen) atoms. The Kier molecular flexibility index (Phi) is 6.12. The molecule has 0 spiro atoms. The van der Waals surface area contributed by atoms with Gasteiger partial charge in [-0.3, -0.25) is 14.9 Å². The second-order valence-corrected chi connectivity index (χ2v) is 7.84. The maximum Gasteiger partial charge on any atom is 0.271 e. The van der Waals surface area contributed by atoms with Crippen molar-refractivity contribution in [2.75, 3.05) is 0 Å². The summed E-state index contributed by atoms with van der Waals surface area (Å²) in [6, 6.07) is 13.9. The Morgan fingerprint density at radius 3 is 2.48 bits per heavy atom. The van der Waals surface area contributed by atoms with Crippen LogP contribution in [-0.4, -0.2) is 21.6 Å². The van der Waals surface area contributed by atoms with Gasteiger partial charge in [0.25, 0.3) is 11.6 Å². The van der Waals surface area contributed by atoms with E-state index in [1.54, 1.807) is 30.5 Å². The number of nitrogens with one attached hydrogen (secondary N) is 1. The standard InChI is InChI=1S/C21H19IN4O3/c1-13-4-9-19(26(28)29)11-20(13)25-14(2)10-17(15(25)3)12-23-24-21(27)16-5-7-18(22)8-6-16/h4-12H,1-3H3,(H,24,27)/b23-12-. The van der Waals surface area contributed by atoms with Crippen LogP contribution in [0.25, 0.3) is 5.69 Å². The van der Waals surface area contributed by atoms with Gasteiger partial charge in [-0.15, -0.1) is 0 Å². The molecule has 0 fully saturated rings. The van der Waals surface area contributed by atoms with E-state index >= 15 is 0 Å². The highest BCUT2D eigenvalue weighted by Gasteiger charge is 2.15. The highest BCUT2D eigenvalue weighted by Crippen LogP contribution is 2.26. The summed E-state index contributed by atoms with van der Waals surface area (Å²) < 4.78 is 3.00. The van der Waals surface area contributed by atoms with Crippen LogP contribution in [0.5, 0.6) is 0 Å². The molecule has 148 valence electrons. The number of carbonyl (C=O) groups excluding carboxylic acids is 1. The second kappa shape index (κ2) is 8.56. The van der Waals surface area contributed by atoms with Gasteiger partial charge in [0.2, 0.25) is 0 Å². The number of amides is 1. The summed E-state index contributed by atoms with van der Waals surface area (Å²) in [6.07, 6.45) is 1.58. The summed E-state index contributed by atoms with van der Waals surface area (Å²) in [5, 5.41) is 15.2. The monoisotopic (exact) mass is 502 g/mol. The summed E-state index contributed by atoms with van der Waals surface area (Å²) in [7, 11) is 0. The molecule has 1 aromatic heterocycles. The number of aryl methyl sites for hydroxylation is 2. The predicted octanol–water partition coefficient (Wildman–Crippen LogP) is 4.68. The Hall–Kier alpha value is -3.01. The highest BCUT2D eigenvalue weighted by atomic mass is 127. The fourth-order valence-electron chi connectivity index (χ4n) is 3.07. The van der Waals surface area contributed by atoms with Gasteiger partial charge in [-0.05, 0) is 79.3 Å². The second-order valence-electron chi connectivity index (χ2n) is 6.60. The van der Waals surface area contributed by atoms with Crippen LogP contribution >= 0.6 is 22.6 Å². The number of hydrogen-bond donors (Lipinski definition) is 1. The molecule has 3 aromatic rings. The first-order valence-electron chi connectivity index (χ1n) is 8.81. The number of nitrogens with zero attached hydrogens (tertiary/aromatic N) is 3. The lowest BCUT2D eigenvalue weighted by molar-refractivity contribution is -0.384. The van der Waals surface area contributed by atoms with E-state index in [2.05, 4.69) is 33.1 Å². The third kappa shape index (κ3) is 4.53. The summed E-state index contributed by atoms with van der Waals surface area (Å²) in [4.78, 5) is 22.9. The molecule has 1 amide bonds. The van der Waals surface area contributed by atoms with Crippen molar-refractivity contribution in [3.63, 3.8) is 0 Å². The number of non-ortho nitro benzene ring substituents is 1. The fraction of sp³-hybridized carbons (Fsp3) is 0.143. The molecule has 0 aliphatic carbocycles. The maximum atomic E-state index is 12.2. The summed E-state index contributed by atoms with van der Waals surface area (Å²) in [5.74, 6) is -0.291. The van der Waals surface area contributed by atoms with E-state index in [4.69, 9.17) is 0 Å². The number of hydrazone groups is 1. The van der Waals surface area contributed by atoms with Gasteiger partial charge in [0.15, 0.2) is 0 Å². The average Bonchev–Trinajstić information content (AvgIpc) is 2.96. The molecular formula is C21H19IN4O3. The molecule has 0 saturated heterocycles. The third-order valence-corrected chi connectivity index (χ3v) is 5.31. The number of hydrogen-bond acceptors (Lipinski definition) is 4. The van der Waals surface area contributed by atoms with Gasteiger partial charge in [0.05, 0.1) is 16.8 Å². The number of halogens is 1. The van der Waals surface area contributed by atoms with Crippen LogP contribution in [-0.2, 0) is 0 Å². The van der Waals surface area contributed by atoms with Crippen LogP contribution in [0.3, 0.4) is 0 Å². The summed E-state index contributed by atoms with van der Waals surface area (Å²) in [6.45, 7) is 5.74. The zero-order valence-corrected chi connectivity index (χ0v) is 18.3. The van der Waals surface area contributed by atoms with Crippen LogP contribution < -0.4 is 5.43 Å². The van der Waals surface area contributed by atoms with Gasteiger partial charge in [0, 0.05) is 38.2 Å². The van der Waals surface area contributed by atoms with E-state index in [1.165, 1.54) is 6.07 Å². The van der Waals surface area contributed by atoms with Crippen LogP contribution in [0.2, 0.25) is 0 Å². The van der Waals surface area contributed by atoms with Gasteiger partial charge in [-0.1, -0.05) is 6.07 Å². The SMILES string of the molecule is Cc1ccc([N+](=O)[O-])cc1-n1c(C)cc(/C=N\NC(=O)c2ccc(I)cc2)c1C. The van der Waals surface area contributed by atoms with E-state index < -0.39 is 4.92 Å². The van der Waals surface area contributed by atoms with Crippen LogP contribution in [0.15, 0.2) is 53.6 Å². The van der Waals surface area contributed by atoms with Crippen molar-refractivity contribution < 1.29 is 9.72 Å². The largest absolute Gasteiger partial charge is 0.317 e. The van der Waals surface area contributed by atoms with Gasteiger partial charge >= 0.3 is 0 Å². The van der Waals surface area contributed by atoms with Crippen LogP contribution in [0, 0.1) is 34.5 Å². The molecule has 0 atom stereocenters. The van der Waals surface area contributed by atoms with Crippen LogP contribution in [0.1, 0.15) is 32.9 Å². The molecule has 2 aromatic carbocycles. The van der Waals surface area contributed by atoms with Crippen molar-refractivity contribution >= 4 is 40.4 Å². The number of rotatable bonds is 5. The van der Waals surface area contributed by atoms with E-state index in [1.807, 2.05) is 43.5 Å². The first-order valence-corrected chi connectivity index (χ1v) is 9.89. The Morgan fingerprint density at radius 1 is 1.14 bits per heavy atom. The number of carbonyl (C=O) groups is 1. The number of nitro groups is 1. The Labute approximate surface area is 181 Å². The van der Waals surface area contributed by atoms with Crippen molar-refractivity contribution in [2.45, 2.75) is 20.8 Å². The first-order chi connectivity index (χ1) is 13.8. The lowest BCUT2D eigenvalue weighted by Crippen LogP contribution is -2.17. The van der Waals surface area contributed by atoms with Crippen molar-refractivity contribution in [2.24, 2.45) is 5.10 Å². The minimum absolute atomic E-state index is 0.0399. The highest BCUT2D eigenvalue weighted by molar-refractivity contribution is 14.1. The van der Waals surface area contributed by atoms with Gasteiger partial charge in [-0.25, -0.2) is 5.43 Å². The van der Waals surface area contributed by atoms with E-state index in [0.29, 0.717) is 5.56 Å². The van der Waals surface area contributed by atoms with Crippen molar-refractivity contribution in [1.29, 1.82) is 0 Å². The molecule has 3 rings (SSSR count). The molecule has 0 aliphatic heterocycles. The Morgan fingerprint density at radius 2 is 1.83 bits per heavy atom. The quantitative estimate of drug-likeness (QED) is 0.238. The zero-order valence-electron chi connectivity index (χ0n) is 16.1. The molecule has 0 saturated carbocycles. The molecule has 7 nitrogen and oxygen atoms in total. The summed E-state index contributed by atoms with van der Waals surface area (Å²) in [5.41, 5.74) is 7.37. The minimum Gasteiger partial charge on any atom is -0.317 e. The molecule has 0 aliphatic rings. The number of nitro benzene ring substituents is 1. The molecule has 0 radical (unpaired) electrons. The van der Waals surface area contributed by atoms with Crippen molar-refractivity contribution in [3.05, 3.63) is 90.3 Å². The Bertz CT molecular complexity index is 1120. The first kappa shape index (κ1) is 20.7. The van der Waals surface area contributed by atoms with Crippen LogP contribution in [0.4, 0.5) is 5.69 Å². The fourth-order valence-corrected chi connectivity index (χ4v) is 3.43. The molecule has 1 N–H and O–H groups in total. The lowest BCUT2D eigenvalue weighted by atomic mass is 10.1. The topological polar surface area (TPSA) is 89.5 Å². The van der Waals surface area contributed by atoms with Gasteiger partial charge in [0.1, 0.15) is 0 Å². The molecule has 8 heteroatoms. The van der Waals surface area contributed by atoms with Gasteiger partial charge < -0.3 is 4.57 Å². The third-order valence-electron chi connectivity index (χ3n) is 4.59. The maximum absolute atomic E-state index is 12.2. The number of aromatic nitrogens is 1. The molecule has 0 unspecified atom stereocenters. The molecule has 0 bridgehead atoms. The number of benzene rings is 2. The molecular weight excluding hydrogens is 483 g/mol. The van der Waals surface area contributed by atoms with Gasteiger partial charge in [-0.2, -0.15) is 5.10 Å². The van der Waals surface area contributed by atoms with E-state index in [-0.39, 0.29) is 11.6 Å². The van der Waals surface area contributed by atoms with E-state index in [9.17, 15) is 14.9 Å². The predicted molar refractivity (Wildman–Crippen MR) is 121 cm³/mol. The molecule has 1 heterocycles. The summed E-state index contributed by atoms with van der Waals surface area (Å²) >= 11 is 2.18. The lowest BCUT2D eigenvalue weighted by Gasteiger charge is -2.12. The average molecular weight is 502 g/mol. The van der Waals surface area contributed by atoms with Crippen molar-refractivity contribution in [3.8, 4) is 5.69 Å².